The summed E-state index contributed by atoms with van der Waals surface area (Å²) < 4.78 is 38.1. The monoisotopic (exact) mass is 296 g/mol. The van der Waals surface area contributed by atoms with Gasteiger partial charge in [0.05, 0.1) is 22.2 Å². The number of aromatic nitrogens is 1. The SMILES string of the molecule is Cc1cnc(CS(=O)c2ccc(F)c(F)c2)c(C)c1N. The summed E-state index contributed by atoms with van der Waals surface area (Å²) in [5.41, 5.74) is 8.71. The van der Waals surface area contributed by atoms with E-state index in [0.29, 0.717) is 11.4 Å². The summed E-state index contributed by atoms with van der Waals surface area (Å²) in [7, 11) is -1.50. The topological polar surface area (TPSA) is 56.0 Å². The fraction of sp³-hybridized carbons (Fsp3) is 0.214. The molecule has 1 unspecified atom stereocenters. The first-order valence-corrected chi connectivity index (χ1v) is 7.26. The average molecular weight is 296 g/mol. The van der Waals surface area contributed by atoms with Gasteiger partial charge in [-0.2, -0.15) is 0 Å². The van der Waals surface area contributed by atoms with Crippen molar-refractivity contribution >= 4 is 16.5 Å². The van der Waals surface area contributed by atoms with Crippen molar-refractivity contribution in [3.05, 3.63) is 52.9 Å². The third-order valence-corrected chi connectivity index (χ3v) is 4.41. The van der Waals surface area contributed by atoms with Gasteiger partial charge in [-0.25, -0.2) is 8.78 Å². The van der Waals surface area contributed by atoms with Crippen molar-refractivity contribution in [3.8, 4) is 0 Å². The van der Waals surface area contributed by atoms with Crippen molar-refractivity contribution < 1.29 is 13.0 Å². The van der Waals surface area contributed by atoms with E-state index < -0.39 is 22.4 Å². The Morgan fingerprint density at radius 1 is 1.25 bits per heavy atom. The lowest BCUT2D eigenvalue weighted by Gasteiger charge is -2.10. The van der Waals surface area contributed by atoms with E-state index in [-0.39, 0.29) is 10.6 Å². The molecule has 0 saturated heterocycles. The van der Waals surface area contributed by atoms with Crippen molar-refractivity contribution in [1.29, 1.82) is 0 Å². The van der Waals surface area contributed by atoms with Crippen LogP contribution in [0, 0.1) is 25.5 Å². The Bertz CT molecular complexity index is 689. The van der Waals surface area contributed by atoms with Crippen molar-refractivity contribution in [2.24, 2.45) is 0 Å². The highest BCUT2D eigenvalue weighted by molar-refractivity contribution is 7.84. The van der Waals surface area contributed by atoms with Crippen LogP contribution in [0.15, 0.2) is 29.3 Å². The van der Waals surface area contributed by atoms with Crippen molar-refractivity contribution in [1.82, 2.24) is 4.98 Å². The first-order chi connectivity index (χ1) is 9.40. The Labute approximate surface area is 118 Å². The Morgan fingerprint density at radius 3 is 2.60 bits per heavy atom. The van der Waals surface area contributed by atoms with Gasteiger partial charge >= 0.3 is 0 Å². The fourth-order valence-corrected chi connectivity index (χ4v) is 2.92. The molecule has 1 atom stereocenters. The molecule has 0 saturated carbocycles. The second kappa shape index (κ2) is 5.66. The minimum absolute atomic E-state index is 0.112. The number of nitrogen functional groups attached to an aromatic ring is 1. The summed E-state index contributed by atoms with van der Waals surface area (Å²) in [6, 6.07) is 3.21. The van der Waals surface area contributed by atoms with Crippen molar-refractivity contribution in [2.75, 3.05) is 5.73 Å². The molecule has 2 N–H and O–H groups in total. The maximum Gasteiger partial charge on any atom is 0.160 e. The number of halogens is 2. The molecule has 0 radical (unpaired) electrons. The van der Waals surface area contributed by atoms with Crippen LogP contribution >= 0.6 is 0 Å². The van der Waals surface area contributed by atoms with E-state index in [0.717, 1.165) is 23.3 Å². The van der Waals surface area contributed by atoms with E-state index in [1.165, 1.54) is 6.07 Å². The molecule has 0 bridgehead atoms. The normalized spacial score (nSPS) is 12.4. The first kappa shape index (κ1) is 14.6. The van der Waals surface area contributed by atoms with Gasteiger partial charge in [-0.15, -0.1) is 0 Å². The van der Waals surface area contributed by atoms with E-state index in [9.17, 15) is 13.0 Å². The molecule has 2 rings (SSSR count). The van der Waals surface area contributed by atoms with Crippen LogP contribution in [0.25, 0.3) is 0 Å². The average Bonchev–Trinajstić information content (AvgIpc) is 2.42. The number of aryl methyl sites for hydroxylation is 1. The van der Waals surface area contributed by atoms with Crippen molar-refractivity contribution in [3.63, 3.8) is 0 Å². The van der Waals surface area contributed by atoms with Crippen LogP contribution in [-0.4, -0.2) is 9.19 Å². The Balaban J connectivity index is 2.28. The van der Waals surface area contributed by atoms with Crippen molar-refractivity contribution in [2.45, 2.75) is 24.5 Å². The summed E-state index contributed by atoms with van der Waals surface area (Å²) in [5, 5.41) is 0. The van der Waals surface area contributed by atoms with Gasteiger partial charge in [0.25, 0.3) is 0 Å². The smallest absolute Gasteiger partial charge is 0.160 e. The molecule has 1 aromatic heterocycles. The summed E-state index contributed by atoms with van der Waals surface area (Å²) >= 11 is 0. The van der Waals surface area contributed by atoms with E-state index in [1.807, 2.05) is 6.92 Å². The Kier molecular flexibility index (Phi) is 4.13. The quantitative estimate of drug-likeness (QED) is 0.947. The molecule has 0 spiro atoms. The lowest BCUT2D eigenvalue weighted by Crippen LogP contribution is -2.05. The molecule has 1 heterocycles. The molecule has 2 aromatic rings. The highest BCUT2D eigenvalue weighted by Gasteiger charge is 2.13. The lowest BCUT2D eigenvalue weighted by atomic mass is 10.1. The van der Waals surface area contributed by atoms with E-state index in [1.54, 1.807) is 13.1 Å². The molecule has 1 aromatic carbocycles. The van der Waals surface area contributed by atoms with E-state index in [4.69, 9.17) is 5.73 Å². The molecule has 0 aliphatic heterocycles. The number of anilines is 1. The molecule has 3 nitrogen and oxygen atoms in total. The highest BCUT2D eigenvalue weighted by Crippen LogP contribution is 2.21. The van der Waals surface area contributed by atoms with Gasteiger partial charge in [0.2, 0.25) is 0 Å². The zero-order chi connectivity index (χ0) is 14.9. The lowest BCUT2D eigenvalue weighted by molar-refractivity contribution is 0.505. The maximum atomic E-state index is 13.1. The fourth-order valence-electron chi connectivity index (χ4n) is 1.76. The molecule has 0 aliphatic rings. The number of nitrogens with two attached hydrogens (primary N) is 1. The molecule has 0 aliphatic carbocycles. The number of nitrogens with zero attached hydrogens (tertiary/aromatic N) is 1. The predicted octanol–water partition coefficient (Wildman–Crippen LogP) is 2.87. The van der Waals surface area contributed by atoms with Gasteiger partial charge in [0.15, 0.2) is 11.6 Å². The zero-order valence-corrected chi connectivity index (χ0v) is 11.9. The number of hydrogen-bond acceptors (Lipinski definition) is 3. The summed E-state index contributed by atoms with van der Waals surface area (Å²) in [4.78, 5) is 4.43. The number of hydrogen-bond donors (Lipinski definition) is 1. The summed E-state index contributed by atoms with van der Waals surface area (Å²) in [6.45, 7) is 3.64. The predicted molar refractivity (Wildman–Crippen MR) is 74.6 cm³/mol. The third kappa shape index (κ3) is 2.85. The second-order valence-corrected chi connectivity index (χ2v) is 5.94. The summed E-state index contributed by atoms with van der Waals surface area (Å²) in [5.74, 6) is -1.86. The zero-order valence-electron chi connectivity index (χ0n) is 11.1. The Morgan fingerprint density at radius 2 is 1.95 bits per heavy atom. The minimum atomic E-state index is -1.50. The first-order valence-electron chi connectivity index (χ1n) is 5.94. The van der Waals surface area contributed by atoms with Gasteiger partial charge in [-0.1, -0.05) is 0 Å². The Hall–Kier alpha value is -1.82. The van der Waals surface area contributed by atoms with Gasteiger partial charge in [-0.05, 0) is 43.2 Å². The molecule has 0 fully saturated rings. The van der Waals surface area contributed by atoms with E-state index >= 15 is 0 Å². The molecule has 6 heteroatoms. The van der Waals surface area contributed by atoms with Crippen LogP contribution in [0.5, 0.6) is 0 Å². The van der Waals surface area contributed by atoms with Gasteiger partial charge in [0.1, 0.15) is 0 Å². The van der Waals surface area contributed by atoms with Crippen LogP contribution in [0.4, 0.5) is 14.5 Å². The summed E-state index contributed by atoms with van der Waals surface area (Å²) in [6.07, 6.45) is 1.61. The van der Waals surface area contributed by atoms with E-state index in [2.05, 4.69) is 4.98 Å². The number of rotatable bonds is 3. The van der Waals surface area contributed by atoms with Crippen LogP contribution in [0.2, 0.25) is 0 Å². The maximum absolute atomic E-state index is 13.1. The molecule has 0 amide bonds. The largest absolute Gasteiger partial charge is 0.398 e. The van der Waals surface area contributed by atoms with Crippen LogP contribution < -0.4 is 5.73 Å². The van der Waals surface area contributed by atoms with Gasteiger partial charge in [-0.3, -0.25) is 9.19 Å². The van der Waals surface area contributed by atoms with Crippen LogP contribution in [0.3, 0.4) is 0 Å². The highest BCUT2D eigenvalue weighted by atomic mass is 32.2. The minimum Gasteiger partial charge on any atom is -0.398 e. The van der Waals surface area contributed by atoms with Gasteiger partial charge in [0, 0.05) is 16.8 Å². The standard InChI is InChI=1S/C14H14F2N2OS/c1-8-6-18-13(9(2)14(8)17)7-20(19)10-3-4-11(15)12(16)5-10/h3-6H,7H2,1-2H3,(H2,17,18). The second-order valence-electron chi connectivity index (χ2n) is 4.49. The number of benzene rings is 1. The molecular formula is C14H14F2N2OS. The molecular weight excluding hydrogens is 282 g/mol. The molecule has 20 heavy (non-hydrogen) atoms. The molecule has 106 valence electrons. The third-order valence-electron chi connectivity index (χ3n) is 3.10. The van der Waals surface area contributed by atoms with Crippen LogP contribution in [-0.2, 0) is 16.6 Å². The number of pyridine rings is 1. The van der Waals surface area contributed by atoms with Crippen LogP contribution in [0.1, 0.15) is 16.8 Å². The van der Waals surface area contributed by atoms with Gasteiger partial charge < -0.3 is 5.73 Å².